The minimum Gasteiger partial charge on any atom is -0.356 e. The molecule has 0 spiro atoms. The van der Waals surface area contributed by atoms with Gasteiger partial charge in [0.25, 0.3) is 0 Å². The van der Waals surface area contributed by atoms with E-state index >= 15 is 0 Å². The van der Waals surface area contributed by atoms with Crippen LogP contribution in [0.5, 0.6) is 0 Å². The fourth-order valence-corrected chi connectivity index (χ4v) is 3.63. The van der Waals surface area contributed by atoms with E-state index in [4.69, 9.17) is 10.7 Å². The molecule has 1 fully saturated rings. The second-order valence-corrected chi connectivity index (χ2v) is 7.28. The molecule has 4 rings (SSSR count). The Hall–Kier alpha value is -3.32. The van der Waals surface area contributed by atoms with E-state index in [0.717, 1.165) is 65.4 Å². The molecular weight excluding hydrogens is 362 g/mol. The van der Waals surface area contributed by atoms with Gasteiger partial charge in [-0.3, -0.25) is 15.1 Å². The lowest BCUT2D eigenvalue weighted by molar-refractivity contribution is 0.602. The number of aromatic nitrogens is 4. The van der Waals surface area contributed by atoms with Gasteiger partial charge in [-0.05, 0) is 62.4 Å². The summed E-state index contributed by atoms with van der Waals surface area (Å²) in [6.07, 6.45) is 8.38. The Kier molecular flexibility index (Phi) is 5.48. The van der Waals surface area contributed by atoms with E-state index < -0.39 is 0 Å². The van der Waals surface area contributed by atoms with Gasteiger partial charge in [0.05, 0.1) is 23.1 Å². The van der Waals surface area contributed by atoms with Gasteiger partial charge in [-0.15, -0.1) is 0 Å². The third kappa shape index (κ3) is 3.95. The van der Waals surface area contributed by atoms with E-state index in [1.165, 1.54) is 0 Å². The van der Waals surface area contributed by atoms with E-state index in [0.29, 0.717) is 5.92 Å². The van der Waals surface area contributed by atoms with Crippen LogP contribution in [-0.2, 0) is 0 Å². The number of hydrogen-bond acceptors (Lipinski definition) is 6. The largest absolute Gasteiger partial charge is 0.356 e. The van der Waals surface area contributed by atoms with Gasteiger partial charge >= 0.3 is 0 Å². The number of anilines is 1. The Morgan fingerprint density at radius 1 is 1.45 bits per heavy atom. The zero-order valence-electron chi connectivity index (χ0n) is 16.5. The molecule has 0 saturated carbocycles. The van der Waals surface area contributed by atoms with Gasteiger partial charge in [0, 0.05) is 24.7 Å². The fourth-order valence-electron chi connectivity index (χ4n) is 3.63. The topological polar surface area (TPSA) is 96.1 Å². The number of pyridine rings is 2. The second kappa shape index (κ2) is 8.36. The van der Waals surface area contributed by atoms with Crippen LogP contribution in [0.15, 0.2) is 53.8 Å². The molecule has 3 aromatic rings. The second-order valence-electron chi connectivity index (χ2n) is 7.28. The number of nitrogens with one attached hydrogen (secondary N) is 1. The Labute approximate surface area is 170 Å². The van der Waals surface area contributed by atoms with E-state index in [9.17, 15) is 0 Å². The molecule has 1 atom stereocenters. The molecule has 0 radical (unpaired) electrons. The lowest BCUT2D eigenvalue weighted by Crippen LogP contribution is -2.23. The number of rotatable bonds is 6. The third-order valence-electron chi connectivity index (χ3n) is 5.31. The monoisotopic (exact) mass is 387 g/mol. The van der Waals surface area contributed by atoms with E-state index in [2.05, 4.69) is 37.9 Å². The average Bonchev–Trinajstić information content (AvgIpc) is 3.40. The van der Waals surface area contributed by atoms with Gasteiger partial charge in [0.15, 0.2) is 0 Å². The molecule has 1 aliphatic heterocycles. The lowest BCUT2D eigenvalue weighted by Gasteiger charge is -2.17. The molecule has 1 aliphatic rings. The molecule has 4 heterocycles. The molecule has 0 aromatic carbocycles. The number of allylic oxidation sites excluding steroid dienone is 3. The Bertz CT molecular complexity index is 1080. The molecule has 7 heteroatoms. The summed E-state index contributed by atoms with van der Waals surface area (Å²) in [6.45, 7) is 8.13. The van der Waals surface area contributed by atoms with Crippen molar-refractivity contribution >= 4 is 29.0 Å². The average molecular weight is 387 g/mol. The van der Waals surface area contributed by atoms with Crippen LogP contribution in [0.2, 0.25) is 0 Å². The maximum atomic E-state index is 5.84. The van der Waals surface area contributed by atoms with Crippen molar-refractivity contribution < 1.29 is 0 Å². The summed E-state index contributed by atoms with van der Waals surface area (Å²) in [5.41, 5.74) is 10.3. The SMILES string of the molecule is C=N/C=C\C=C(/C)c1cc2c(-c3cccc(N4CC[C@@H](CN)C4)n3)n[nH]c2cn1. The van der Waals surface area contributed by atoms with E-state index in [-0.39, 0.29) is 0 Å². The van der Waals surface area contributed by atoms with Crippen molar-refractivity contribution in [2.75, 3.05) is 24.5 Å². The van der Waals surface area contributed by atoms with Gasteiger partial charge in [-0.2, -0.15) is 5.10 Å². The van der Waals surface area contributed by atoms with Gasteiger partial charge in [0.1, 0.15) is 11.5 Å². The number of H-pyrrole nitrogens is 1. The molecule has 7 nitrogen and oxygen atoms in total. The highest BCUT2D eigenvalue weighted by Crippen LogP contribution is 2.29. The molecule has 0 aliphatic carbocycles. The molecule has 0 unspecified atom stereocenters. The first kappa shape index (κ1) is 19.0. The lowest BCUT2D eigenvalue weighted by atomic mass is 10.1. The molecule has 0 bridgehead atoms. The van der Waals surface area contributed by atoms with E-state index in [1.807, 2.05) is 43.5 Å². The van der Waals surface area contributed by atoms with Crippen molar-refractivity contribution in [3.05, 3.63) is 54.5 Å². The molecule has 3 N–H and O–H groups in total. The molecule has 29 heavy (non-hydrogen) atoms. The smallest absolute Gasteiger partial charge is 0.129 e. The van der Waals surface area contributed by atoms with Gasteiger partial charge in [-0.1, -0.05) is 12.1 Å². The highest BCUT2D eigenvalue weighted by Gasteiger charge is 2.22. The summed E-state index contributed by atoms with van der Waals surface area (Å²) < 4.78 is 0. The predicted octanol–water partition coefficient (Wildman–Crippen LogP) is 3.42. The van der Waals surface area contributed by atoms with Crippen molar-refractivity contribution in [1.29, 1.82) is 0 Å². The summed E-state index contributed by atoms with van der Waals surface area (Å²) in [5, 5.41) is 8.59. The van der Waals surface area contributed by atoms with Crippen molar-refractivity contribution in [1.82, 2.24) is 20.2 Å². The summed E-state index contributed by atoms with van der Waals surface area (Å²) in [5.74, 6) is 1.52. The molecule has 148 valence electrons. The highest BCUT2D eigenvalue weighted by atomic mass is 15.2. The van der Waals surface area contributed by atoms with Crippen molar-refractivity contribution in [3.8, 4) is 11.4 Å². The minimum absolute atomic E-state index is 0.542. The van der Waals surface area contributed by atoms with Crippen LogP contribution in [0.3, 0.4) is 0 Å². The standard InChI is InChI=1S/C22H25N7/c1-15(5-4-9-24-2)19-11-17-20(13-25-19)27-28-22(17)18-6-3-7-21(26-18)29-10-8-16(12-23)14-29/h3-7,9,11,13,16H,2,8,10,12,14,23H2,1H3,(H,27,28)/b9-4-,15-5+/t16-/m0/s1. The molecule has 3 aromatic heterocycles. The summed E-state index contributed by atoms with van der Waals surface area (Å²) in [7, 11) is 0. The Balaban J connectivity index is 1.68. The first-order chi connectivity index (χ1) is 14.2. The normalized spacial score (nSPS) is 17.5. The van der Waals surface area contributed by atoms with Crippen LogP contribution in [0.25, 0.3) is 27.9 Å². The summed E-state index contributed by atoms with van der Waals surface area (Å²) in [4.78, 5) is 15.4. The van der Waals surface area contributed by atoms with Crippen LogP contribution in [0, 0.1) is 5.92 Å². The molecular formula is C22H25N7. The number of nitrogens with zero attached hydrogens (tertiary/aromatic N) is 5. The minimum atomic E-state index is 0.542. The van der Waals surface area contributed by atoms with Crippen molar-refractivity contribution in [2.45, 2.75) is 13.3 Å². The van der Waals surface area contributed by atoms with Gasteiger partial charge in [0.2, 0.25) is 0 Å². The third-order valence-corrected chi connectivity index (χ3v) is 5.31. The summed E-state index contributed by atoms with van der Waals surface area (Å²) in [6, 6.07) is 8.13. The molecule has 1 saturated heterocycles. The van der Waals surface area contributed by atoms with Crippen LogP contribution >= 0.6 is 0 Å². The number of hydrogen-bond donors (Lipinski definition) is 2. The molecule has 0 amide bonds. The number of aliphatic imine (C=N–C) groups is 1. The van der Waals surface area contributed by atoms with Crippen LogP contribution in [-0.4, -0.2) is 46.5 Å². The zero-order valence-corrected chi connectivity index (χ0v) is 16.5. The summed E-state index contributed by atoms with van der Waals surface area (Å²) >= 11 is 0. The first-order valence-corrected chi connectivity index (χ1v) is 9.76. The number of aromatic amines is 1. The quantitative estimate of drug-likeness (QED) is 0.499. The Morgan fingerprint density at radius 2 is 2.34 bits per heavy atom. The van der Waals surface area contributed by atoms with Crippen LogP contribution < -0.4 is 10.6 Å². The fraction of sp³-hybridized carbons (Fsp3) is 0.273. The Morgan fingerprint density at radius 3 is 3.14 bits per heavy atom. The van der Waals surface area contributed by atoms with Crippen molar-refractivity contribution in [3.63, 3.8) is 0 Å². The van der Waals surface area contributed by atoms with E-state index in [1.54, 1.807) is 6.20 Å². The maximum Gasteiger partial charge on any atom is 0.129 e. The highest BCUT2D eigenvalue weighted by molar-refractivity contribution is 5.93. The first-order valence-electron chi connectivity index (χ1n) is 9.76. The number of nitrogens with two attached hydrogens (primary N) is 1. The van der Waals surface area contributed by atoms with Crippen LogP contribution in [0.4, 0.5) is 5.82 Å². The van der Waals surface area contributed by atoms with Crippen LogP contribution in [0.1, 0.15) is 19.0 Å². The van der Waals surface area contributed by atoms with Gasteiger partial charge in [-0.25, -0.2) is 4.98 Å². The number of fused-ring (bicyclic) bond motifs is 1. The predicted molar refractivity (Wildman–Crippen MR) is 119 cm³/mol. The van der Waals surface area contributed by atoms with Gasteiger partial charge < -0.3 is 10.6 Å². The van der Waals surface area contributed by atoms with Crippen molar-refractivity contribution in [2.24, 2.45) is 16.6 Å². The zero-order chi connectivity index (χ0) is 20.2. The maximum absolute atomic E-state index is 5.84.